The molecule has 0 aliphatic heterocycles. The largest absolute Gasteiger partial charge is 0.494 e. The smallest absolute Gasteiger partial charge is 0.343 e. The van der Waals surface area contributed by atoms with Crippen molar-refractivity contribution in [1.29, 1.82) is 0 Å². The van der Waals surface area contributed by atoms with E-state index in [0.29, 0.717) is 24.7 Å². The molecule has 12 heteroatoms. The summed E-state index contributed by atoms with van der Waals surface area (Å²) in [5.74, 6) is -0.480. The van der Waals surface area contributed by atoms with Gasteiger partial charge in [0.05, 0.1) is 57.4 Å². The van der Waals surface area contributed by atoms with Crippen LogP contribution in [0.3, 0.4) is 0 Å². The fourth-order valence-corrected chi connectivity index (χ4v) is 5.67. The summed E-state index contributed by atoms with van der Waals surface area (Å²) < 4.78 is 22.4. The fraction of sp³-hybridized carbons (Fsp3) is 0.350. The van der Waals surface area contributed by atoms with Gasteiger partial charge in [-0.1, -0.05) is 52.4 Å². The molecule has 0 spiro atoms. The molecule has 4 aromatic carbocycles. The van der Waals surface area contributed by atoms with Crippen LogP contribution in [0.15, 0.2) is 72.8 Å². The van der Waals surface area contributed by atoms with Crippen molar-refractivity contribution < 1.29 is 38.4 Å². The van der Waals surface area contributed by atoms with Crippen LogP contribution in [0, 0.1) is 34.1 Å². The van der Waals surface area contributed by atoms with Crippen LogP contribution in [0.5, 0.6) is 23.0 Å². The molecule has 12 nitrogen and oxygen atoms in total. The van der Waals surface area contributed by atoms with Crippen LogP contribution in [0.25, 0.3) is 11.1 Å². The molecule has 0 saturated heterocycles. The van der Waals surface area contributed by atoms with E-state index in [0.717, 1.165) is 63.5 Å². The number of carbonyl (C=O) groups is 2. The lowest BCUT2D eigenvalue weighted by Gasteiger charge is -2.14. The van der Waals surface area contributed by atoms with E-state index in [1.807, 2.05) is 0 Å². The Morgan fingerprint density at radius 3 is 1.23 bits per heavy atom. The Balaban J connectivity index is 1.52. The third kappa shape index (κ3) is 10.6. The number of esters is 2. The topological polar surface area (TPSA) is 157 Å². The lowest BCUT2D eigenvalue weighted by molar-refractivity contribution is -0.386. The van der Waals surface area contributed by atoms with E-state index in [1.54, 1.807) is 48.5 Å². The van der Waals surface area contributed by atoms with E-state index in [-0.39, 0.29) is 44.9 Å². The van der Waals surface area contributed by atoms with Gasteiger partial charge in [-0.25, -0.2) is 9.59 Å². The highest BCUT2D eigenvalue weighted by atomic mass is 16.6. The van der Waals surface area contributed by atoms with Crippen molar-refractivity contribution in [2.45, 2.75) is 79.1 Å². The molecule has 0 bridgehead atoms. The highest BCUT2D eigenvalue weighted by Crippen LogP contribution is 2.44. The van der Waals surface area contributed by atoms with Crippen molar-refractivity contribution in [2.75, 3.05) is 13.2 Å². The maximum Gasteiger partial charge on any atom is 0.343 e. The van der Waals surface area contributed by atoms with E-state index >= 15 is 0 Å². The summed E-state index contributed by atoms with van der Waals surface area (Å²) in [7, 11) is 0. The molecular formula is C40H44N2O10. The monoisotopic (exact) mass is 712 g/mol. The predicted molar refractivity (Wildman–Crippen MR) is 197 cm³/mol. The van der Waals surface area contributed by atoms with Gasteiger partial charge in [-0.3, -0.25) is 20.2 Å². The first-order valence-corrected chi connectivity index (χ1v) is 17.5. The van der Waals surface area contributed by atoms with Crippen LogP contribution in [-0.2, 0) is 0 Å². The number of ether oxygens (including phenoxy) is 4. The third-order valence-electron chi connectivity index (χ3n) is 8.35. The average Bonchev–Trinajstić information content (AvgIpc) is 3.11. The molecule has 4 rings (SSSR count). The summed E-state index contributed by atoms with van der Waals surface area (Å²) >= 11 is 0. The number of hydrogen-bond acceptors (Lipinski definition) is 10. The van der Waals surface area contributed by atoms with E-state index in [2.05, 4.69) is 13.8 Å². The molecule has 4 aromatic rings. The van der Waals surface area contributed by atoms with Crippen LogP contribution in [-0.4, -0.2) is 35.0 Å². The first kappa shape index (κ1) is 39.0. The van der Waals surface area contributed by atoms with Crippen molar-refractivity contribution >= 4 is 23.3 Å². The lowest BCUT2D eigenvalue weighted by atomic mass is 9.93. The maximum absolute atomic E-state index is 13.0. The Labute approximate surface area is 303 Å². The summed E-state index contributed by atoms with van der Waals surface area (Å²) in [5, 5.41) is 24.7. The second-order valence-electron chi connectivity index (χ2n) is 12.4. The molecule has 0 aliphatic carbocycles. The number of hydrogen-bond donors (Lipinski definition) is 0. The Morgan fingerprint density at radius 2 is 0.904 bits per heavy atom. The van der Waals surface area contributed by atoms with Crippen molar-refractivity contribution in [3.63, 3.8) is 0 Å². The van der Waals surface area contributed by atoms with E-state index in [9.17, 15) is 29.8 Å². The summed E-state index contributed by atoms with van der Waals surface area (Å²) in [6.07, 6.45) is 8.53. The second kappa shape index (κ2) is 19.0. The second-order valence-corrected chi connectivity index (χ2v) is 12.4. The van der Waals surface area contributed by atoms with Crippen LogP contribution < -0.4 is 18.9 Å². The van der Waals surface area contributed by atoms with Crippen LogP contribution in [0.4, 0.5) is 11.4 Å². The Hall–Kier alpha value is -5.78. The van der Waals surface area contributed by atoms with Gasteiger partial charge in [0.2, 0.25) is 0 Å². The number of carbonyl (C=O) groups excluding carboxylic acids is 2. The van der Waals surface area contributed by atoms with Gasteiger partial charge in [-0.15, -0.1) is 0 Å². The molecule has 0 fully saturated rings. The average molecular weight is 713 g/mol. The summed E-state index contributed by atoms with van der Waals surface area (Å²) in [6.45, 7) is 8.45. The zero-order chi connectivity index (χ0) is 37.6. The van der Waals surface area contributed by atoms with Crippen LogP contribution in [0.2, 0.25) is 0 Å². The minimum Gasteiger partial charge on any atom is -0.494 e. The number of aryl methyl sites for hydroxylation is 2. The molecule has 0 unspecified atom stereocenters. The van der Waals surface area contributed by atoms with Gasteiger partial charge in [-0.2, -0.15) is 0 Å². The first-order valence-electron chi connectivity index (χ1n) is 17.5. The number of rotatable bonds is 19. The van der Waals surface area contributed by atoms with Crippen molar-refractivity contribution in [2.24, 2.45) is 0 Å². The van der Waals surface area contributed by atoms with Gasteiger partial charge >= 0.3 is 11.9 Å². The first-order chi connectivity index (χ1) is 25.0. The minimum absolute atomic E-state index is 0.0300. The van der Waals surface area contributed by atoms with Crippen LogP contribution in [0.1, 0.15) is 97.1 Å². The van der Waals surface area contributed by atoms with Gasteiger partial charge < -0.3 is 18.9 Å². The molecule has 0 heterocycles. The van der Waals surface area contributed by atoms with Crippen LogP contribution >= 0.6 is 0 Å². The van der Waals surface area contributed by atoms with Crippen molar-refractivity contribution in [1.82, 2.24) is 0 Å². The van der Waals surface area contributed by atoms with E-state index in [1.165, 1.54) is 26.0 Å². The molecule has 0 aliphatic rings. The molecule has 0 N–H and O–H groups in total. The summed E-state index contributed by atoms with van der Waals surface area (Å²) in [6, 6.07) is 17.7. The van der Waals surface area contributed by atoms with Gasteiger partial charge in [0.15, 0.2) is 0 Å². The van der Waals surface area contributed by atoms with Gasteiger partial charge in [0.25, 0.3) is 11.4 Å². The van der Waals surface area contributed by atoms with E-state index in [4.69, 9.17) is 18.9 Å². The normalized spacial score (nSPS) is 10.8. The van der Waals surface area contributed by atoms with Crippen molar-refractivity contribution in [3.05, 3.63) is 115 Å². The SMILES string of the molecule is CCCCCCOc1ccc(C(=O)Oc2cc(C)c(-c3c(C)cc(OC(=O)c4ccc(OCCCCCC)cc4)cc3[N+](=O)[O-])c([N+](=O)[O-])c2)cc1. The number of unbranched alkanes of at least 4 members (excludes halogenated alkanes) is 6. The Kier molecular flexibility index (Phi) is 14.3. The van der Waals surface area contributed by atoms with E-state index < -0.39 is 33.2 Å². The molecule has 0 aromatic heterocycles. The Bertz CT molecular complexity index is 1730. The quantitative estimate of drug-likeness (QED) is 0.0301. The molecular weight excluding hydrogens is 668 g/mol. The molecule has 52 heavy (non-hydrogen) atoms. The highest BCUT2D eigenvalue weighted by molar-refractivity contribution is 5.93. The van der Waals surface area contributed by atoms with Crippen molar-refractivity contribution in [3.8, 4) is 34.1 Å². The predicted octanol–water partition coefficient (Wildman–Crippen LogP) is 10.1. The maximum atomic E-state index is 13.0. The summed E-state index contributed by atoms with van der Waals surface area (Å²) in [5.41, 5.74) is -0.130. The number of benzene rings is 4. The molecule has 0 amide bonds. The standard InChI is InChI=1S/C40H44N2O10/c1-5-7-9-11-21-49-31-17-13-29(14-18-31)39(43)51-33-23-27(3)37(35(25-33)41(45)46)38-28(4)24-34(26-36(38)42(47)48)52-40(44)30-15-19-32(20-16-30)50-22-12-10-8-6-2/h13-20,23-26H,5-12,21-22H2,1-4H3. The number of nitro groups is 2. The number of nitro benzene ring substituents is 2. The molecule has 0 saturated carbocycles. The zero-order valence-electron chi connectivity index (χ0n) is 30.0. The minimum atomic E-state index is -0.742. The van der Waals surface area contributed by atoms with Gasteiger partial charge in [-0.05, 0) is 98.5 Å². The zero-order valence-corrected chi connectivity index (χ0v) is 30.0. The third-order valence-corrected chi connectivity index (χ3v) is 8.35. The highest BCUT2D eigenvalue weighted by Gasteiger charge is 2.30. The van der Waals surface area contributed by atoms with Gasteiger partial charge in [0.1, 0.15) is 23.0 Å². The fourth-order valence-electron chi connectivity index (χ4n) is 5.67. The Morgan fingerprint density at radius 1 is 0.538 bits per heavy atom. The molecule has 0 radical (unpaired) electrons. The molecule has 0 atom stereocenters. The molecule has 274 valence electrons. The number of nitrogens with zero attached hydrogens (tertiary/aromatic N) is 2. The lowest BCUT2D eigenvalue weighted by Crippen LogP contribution is -2.10. The summed E-state index contributed by atoms with van der Waals surface area (Å²) in [4.78, 5) is 49.2. The van der Waals surface area contributed by atoms with Gasteiger partial charge in [0, 0.05) is 0 Å².